The summed E-state index contributed by atoms with van der Waals surface area (Å²) in [4.78, 5) is 0. The van der Waals surface area contributed by atoms with Crippen molar-refractivity contribution in [2.24, 2.45) is 11.3 Å². The minimum atomic E-state index is -1.49. The Kier molecular flexibility index (Phi) is 4.48. The van der Waals surface area contributed by atoms with Crippen molar-refractivity contribution in [1.29, 1.82) is 0 Å². The van der Waals surface area contributed by atoms with Crippen LogP contribution in [-0.4, -0.2) is 8.32 Å². The van der Waals surface area contributed by atoms with E-state index in [2.05, 4.69) is 45.6 Å². The van der Waals surface area contributed by atoms with Gasteiger partial charge in [0.2, 0.25) is 8.32 Å². The molecule has 0 aromatic carbocycles. The monoisotopic (exact) mass is 292 g/mol. The van der Waals surface area contributed by atoms with Crippen molar-refractivity contribution in [1.82, 2.24) is 0 Å². The maximum atomic E-state index is 6.24. The molecule has 1 aliphatic rings. The van der Waals surface area contributed by atoms with Gasteiger partial charge in [-0.05, 0) is 67.9 Å². The Labute approximate surface area is 124 Å². The Balaban J connectivity index is 2.07. The Bertz CT molecular complexity index is 456. The van der Waals surface area contributed by atoms with Crippen LogP contribution in [0, 0.1) is 11.3 Å². The van der Waals surface area contributed by atoms with Crippen LogP contribution < -0.4 is 0 Å². The van der Waals surface area contributed by atoms with Gasteiger partial charge in [0.15, 0.2) is 0 Å². The van der Waals surface area contributed by atoms with E-state index in [4.69, 9.17) is 8.84 Å². The summed E-state index contributed by atoms with van der Waals surface area (Å²) < 4.78 is 11.4. The molecule has 0 unspecified atom stereocenters. The van der Waals surface area contributed by atoms with Crippen LogP contribution in [0.3, 0.4) is 0 Å². The standard InChI is InChI=1S/C17H28O2Si/c1-14-6-7-16(19-20(3,4)5)12-17(14,2)10-8-15-9-11-18-13-15/h9,11-14H,6-8,10H2,1-5H3/t14-,17+/m1/s1. The predicted octanol–water partition coefficient (Wildman–Crippen LogP) is 5.38. The van der Waals surface area contributed by atoms with Crippen molar-refractivity contribution in [3.05, 3.63) is 36.0 Å². The summed E-state index contributed by atoms with van der Waals surface area (Å²) in [6.07, 6.45) is 10.6. The minimum absolute atomic E-state index is 0.241. The number of allylic oxidation sites excluding steroid dienone is 2. The van der Waals surface area contributed by atoms with Gasteiger partial charge < -0.3 is 8.84 Å². The molecule has 0 spiro atoms. The quantitative estimate of drug-likeness (QED) is 0.679. The lowest BCUT2D eigenvalue weighted by atomic mass is 9.69. The van der Waals surface area contributed by atoms with Crippen molar-refractivity contribution >= 4 is 8.32 Å². The third-order valence-electron chi connectivity index (χ3n) is 4.41. The highest BCUT2D eigenvalue weighted by Gasteiger charge is 2.34. The van der Waals surface area contributed by atoms with Crippen LogP contribution in [0.2, 0.25) is 19.6 Å². The highest BCUT2D eigenvalue weighted by Crippen LogP contribution is 2.43. The predicted molar refractivity (Wildman–Crippen MR) is 86.0 cm³/mol. The lowest BCUT2D eigenvalue weighted by Gasteiger charge is -2.39. The number of furan rings is 1. The smallest absolute Gasteiger partial charge is 0.241 e. The highest BCUT2D eigenvalue weighted by atomic mass is 28.4. The van der Waals surface area contributed by atoms with Gasteiger partial charge in [-0.1, -0.05) is 13.8 Å². The first-order valence-electron chi connectivity index (χ1n) is 7.70. The van der Waals surface area contributed by atoms with Crippen LogP contribution in [0.25, 0.3) is 0 Å². The van der Waals surface area contributed by atoms with Crippen LogP contribution in [0.15, 0.2) is 34.8 Å². The fourth-order valence-electron chi connectivity index (χ4n) is 2.91. The fraction of sp³-hybridized carbons (Fsp3) is 0.647. The van der Waals surface area contributed by atoms with Crippen LogP contribution >= 0.6 is 0 Å². The molecule has 0 fully saturated rings. The van der Waals surface area contributed by atoms with Crippen LogP contribution in [0.5, 0.6) is 0 Å². The van der Waals surface area contributed by atoms with Gasteiger partial charge >= 0.3 is 0 Å². The zero-order valence-electron chi connectivity index (χ0n) is 13.5. The molecular formula is C17H28O2Si. The van der Waals surface area contributed by atoms with E-state index in [9.17, 15) is 0 Å². The SMILES string of the molecule is C[C@@H]1CCC(O[Si](C)(C)C)=C[C@]1(C)CCc1ccoc1. The van der Waals surface area contributed by atoms with E-state index >= 15 is 0 Å². The molecule has 0 amide bonds. The molecule has 1 aromatic rings. The summed E-state index contributed by atoms with van der Waals surface area (Å²) in [5, 5.41) is 0. The van der Waals surface area contributed by atoms with Crippen molar-refractivity contribution in [3.8, 4) is 0 Å². The van der Waals surface area contributed by atoms with Crippen molar-refractivity contribution in [2.45, 2.75) is 59.2 Å². The van der Waals surface area contributed by atoms with E-state index in [-0.39, 0.29) is 5.41 Å². The molecule has 2 rings (SSSR count). The number of rotatable bonds is 5. The average Bonchev–Trinajstić information content (AvgIpc) is 2.83. The molecule has 112 valence electrons. The minimum Gasteiger partial charge on any atom is -0.548 e. The first kappa shape index (κ1) is 15.4. The molecule has 0 saturated carbocycles. The lowest BCUT2D eigenvalue weighted by molar-refractivity contribution is 0.200. The maximum Gasteiger partial charge on any atom is 0.241 e. The largest absolute Gasteiger partial charge is 0.548 e. The van der Waals surface area contributed by atoms with Crippen molar-refractivity contribution in [2.75, 3.05) is 0 Å². The molecule has 0 saturated heterocycles. The Morgan fingerprint density at radius 2 is 2.15 bits per heavy atom. The molecule has 0 N–H and O–H groups in total. The first-order valence-corrected chi connectivity index (χ1v) is 11.1. The maximum absolute atomic E-state index is 6.24. The van der Waals surface area contributed by atoms with E-state index in [1.54, 1.807) is 6.26 Å². The summed E-state index contributed by atoms with van der Waals surface area (Å²) in [7, 11) is -1.49. The van der Waals surface area contributed by atoms with E-state index < -0.39 is 8.32 Å². The molecule has 3 heteroatoms. The second-order valence-electron chi connectivity index (χ2n) is 7.40. The van der Waals surface area contributed by atoms with Crippen molar-refractivity contribution < 1.29 is 8.84 Å². The molecule has 20 heavy (non-hydrogen) atoms. The van der Waals surface area contributed by atoms with E-state index in [1.807, 2.05) is 6.26 Å². The van der Waals surface area contributed by atoms with Gasteiger partial charge in [-0.2, -0.15) is 0 Å². The number of aryl methyl sites for hydroxylation is 1. The molecule has 2 atom stereocenters. The second kappa shape index (κ2) is 5.80. The van der Waals surface area contributed by atoms with E-state index in [0.717, 1.165) is 19.3 Å². The summed E-state index contributed by atoms with van der Waals surface area (Å²) in [5.74, 6) is 1.94. The second-order valence-corrected chi connectivity index (χ2v) is 11.8. The van der Waals surface area contributed by atoms with Crippen LogP contribution in [-0.2, 0) is 10.8 Å². The summed E-state index contributed by atoms with van der Waals surface area (Å²) >= 11 is 0. The average molecular weight is 292 g/mol. The third-order valence-corrected chi connectivity index (χ3v) is 5.28. The molecule has 2 nitrogen and oxygen atoms in total. The normalized spacial score (nSPS) is 27.2. The van der Waals surface area contributed by atoms with Crippen LogP contribution in [0.4, 0.5) is 0 Å². The summed E-state index contributed by atoms with van der Waals surface area (Å²) in [6, 6.07) is 2.07. The zero-order chi connectivity index (χ0) is 14.8. The van der Waals surface area contributed by atoms with Crippen molar-refractivity contribution in [3.63, 3.8) is 0 Å². The van der Waals surface area contributed by atoms with Gasteiger partial charge in [0, 0.05) is 6.42 Å². The Hall–Kier alpha value is -0.963. The molecule has 1 aromatic heterocycles. The molecular weight excluding hydrogens is 264 g/mol. The molecule has 0 radical (unpaired) electrons. The zero-order valence-corrected chi connectivity index (χ0v) is 14.5. The summed E-state index contributed by atoms with van der Waals surface area (Å²) in [5.41, 5.74) is 1.54. The lowest BCUT2D eigenvalue weighted by Crippen LogP contribution is -2.32. The fourth-order valence-corrected chi connectivity index (χ4v) is 3.86. The topological polar surface area (TPSA) is 22.4 Å². The third kappa shape index (κ3) is 4.01. The van der Waals surface area contributed by atoms with Gasteiger partial charge in [-0.15, -0.1) is 0 Å². The van der Waals surface area contributed by atoms with Gasteiger partial charge in [0.25, 0.3) is 0 Å². The van der Waals surface area contributed by atoms with E-state index in [1.165, 1.54) is 17.7 Å². The molecule has 1 heterocycles. The molecule has 0 aliphatic heterocycles. The number of hydrogen-bond donors (Lipinski definition) is 0. The van der Waals surface area contributed by atoms with Gasteiger partial charge in [-0.25, -0.2) is 0 Å². The first-order chi connectivity index (χ1) is 9.28. The number of hydrogen-bond acceptors (Lipinski definition) is 2. The molecule has 0 bridgehead atoms. The van der Waals surface area contributed by atoms with Gasteiger partial charge in [0.05, 0.1) is 18.3 Å². The molecule has 1 aliphatic carbocycles. The van der Waals surface area contributed by atoms with Gasteiger partial charge in [0.1, 0.15) is 0 Å². The Morgan fingerprint density at radius 3 is 2.75 bits per heavy atom. The van der Waals surface area contributed by atoms with E-state index in [0.29, 0.717) is 5.92 Å². The summed E-state index contributed by atoms with van der Waals surface area (Å²) in [6.45, 7) is 11.5. The highest BCUT2D eigenvalue weighted by molar-refractivity contribution is 6.70. The Morgan fingerprint density at radius 1 is 1.40 bits per heavy atom. The van der Waals surface area contributed by atoms with Gasteiger partial charge in [-0.3, -0.25) is 0 Å². The van der Waals surface area contributed by atoms with Crippen LogP contribution in [0.1, 0.15) is 38.7 Å².